The highest BCUT2D eigenvalue weighted by atomic mass is 33.1. The lowest BCUT2D eigenvalue weighted by Crippen LogP contribution is -2.25. The molecule has 0 aliphatic heterocycles. The second-order valence-electron chi connectivity index (χ2n) is 4.18. The third-order valence-electron chi connectivity index (χ3n) is 2.38. The van der Waals surface area contributed by atoms with Crippen molar-refractivity contribution >= 4 is 33.4 Å². The van der Waals surface area contributed by atoms with Crippen LogP contribution in [0.5, 0.6) is 0 Å². The van der Waals surface area contributed by atoms with Gasteiger partial charge in [0.05, 0.1) is 0 Å². The molecule has 0 fully saturated rings. The first-order chi connectivity index (χ1) is 9.07. The molecule has 0 aliphatic carbocycles. The van der Waals surface area contributed by atoms with Crippen LogP contribution in [-0.2, 0) is 14.3 Å². The molecule has 0 bridgehead atoms. The summed E-state index contributed by atoms with van der Waals surface area (Å²) in [5.41, 5.74) is 10.4. The first kappa shape index (κ1) is 18.6. The smallest absolute Gasteiger partial charge is 0.221 e. The summed E-state index contributed by atoms with van der Waals surface area (Å²) in [7, 11) is 3.12. The van der Waals surface area contributed by atoms with Gasteiger partial charge in [0.2, 0.25) is 11.8 Å². The number of hydrogen-bond acceptors (Lipinski definition) is 5. The number of ether oxygens (including phenoxy) is 1. The largest absolute Gasteiger partial charge is 0.381 e. The lowest BCUT2D eigenvalue weighted by molar-refractivity contribution is -0.121. The van der Waals surface area contributed by atoms with Crippen molar-refractivity contribution in [2.24, 2.45) is 17.4 Å². The number of amides is 2. The first-order valence-electron chi connectivity index (χ1n) is 6.47. The molecular weight excluding hydrogens is 284 g/mol. The van der Waals surface area contributed by atoms with Crippen molar-refractivity contribution in [3.8, 4) is 0 Å². The van der Waals surface area contributed by atoms with E-state index < -0.39 is 0 Å². The van der Waals surface area contributed by atoms with Gasteiger partial charge < -0.3 is 16.2 Å². The van der Waals surface area contributed by atoms with Gasteiger partial charge in [-0.2, -0.15) is 0 Å². The van der Waals surface area contributed by atoms with Gasteiger partial charge in [-0.05, 0) is 19.3 Å². The zero-order valence-corrected chi connectivity index (χ0v) is 13.1. The standard InChI is InChI=1S/C12H24N2O3S2/c1-2-6-17-7-3-4-10(12(14)16)9-19-18-8-5-11(13)15/h10H,2-9H2,1H3,(H2,13,15)(H2,14,16). The third kappa shape index (κ3) is 12.4. The maximum Gasteiger partial charge on any atom is 0.221 e. The molecule has 112 valence electrons. The minimum atomic E-state index is -0.298. The molecule has 0 rings (SSSR count). The number of carbonyl (C=O) groups is 2. The molecule has 0 saturated carbocycles. The van der Waals surface area contributed by atoms with E-state index in [4.69, 9.17) is 16.2 Å². The van der Waals surface area contributed by atoms with Crippen molar-refractivity contribution in [1.29, 1.82) is 0 Å². The SMILES string of the molecule is CCCOCCCC(CSSCCC(N)=O)C(N)=O. The van der Waals surface area contributed by atoms with Crippen LogP contribution in [0.1, 0.15) is 32.6 Å². The summed E-state index contributed by atoms with van der Waals surface area (Å²) in [6.07, 6.45) is 2.97. The van der Waals surface area contributed by atoms with Gasteiger partial charge in [-0.15, -0.1) is 0 Å². The second kappa shape index (κ2) is 12.6. The quantitative estimate of drug-likeness (QED) is 0.397. The number of carbonyl (C=O) groups excluding carboxylic acids is 2. The van der Waals surface area contributed by atoms with Gasteiger partial charge in [0, 0.05) is 37.1 Å². The molecule has 2 amide bonds. The van der Waals surface area contributed by atoms with E-state index in [2.05, 4.69) is 6.92 Å². The minimum Gasteiger partial charge on any atom is -0.381 e. The van der Waals surface area contributed by atoms with Gasteiger partial charge in [-0.25, -0.2) is 0 Å². The fraction of sp³-hybridized carbons (Fsp3) is 0.833. The Balaban J connectivity index is 3.62. The molecule has 0 radical (unpaired) electrons. The average molecular weight is 308 g/mol. The van der Waals surface area contributed by atoms with E-state index in [9.17, 15) is 9.59 Å². The fourth-order valence-electron chi connectivity index (χ4n) is 1.32. The van der Waals surface area contributed by atoms with Crippen molar-refractivity contribution in [3.63, 3.8) is 0 Å². The monoisotopic (exact) mass is 308 g/mol. The van der Waals surface area contributed by atoms with Gasteiger partial charge >= 0.3 is 0 Å². The number of rotatable bonds is 13. The molecule has 0 saturated heterocycles. The zero-order valence-electron chi connectivity index (χ0n) is 11.4. The fourth-order valence-corrected chi connectivity index (χ4v) is 3.70. The van der Waals surface area contributed by atoms with Gasteiger partial charge in [0.1, 0.15) is 0 Å². The highest BCUT2D eigenvalue weighted by Gasteiger charge is 2.15. The van der Waals surface area contributed by atoms with Crippen molar-refractivity contribution in [3.05, 3.63) is 0 Å². The normalized spacial score (nSPS) is 12.3. The Hall–Kier alpha value is -0.400. The van der Waals surface area contributed by atoms with Gasteiger partial charge in [0.15, 0.2) is 0 Å². The van der Waals surface area contributed by atoms with Crippen molar-refractivity contribution < 1.29 is 14.3 Å². The molecule has 4 N–H and O–H groups in total. The molecule has 1 atom stereocenters. The molecule has 0 aromatic rings. The molecule has 7 heteroatoms. The topological polar surface area (TPSA) is 95.4 Å². The predicted octanol–water partition coefficient (Wildman–Crippen LogP) is 1.55. The molecule has 0 heterocycles. The van der Waals surface area contributed by atoms with Gasteiger partial charge in [-0.3, -0.25) is 9.59 Å². The van der Waals surface area contributed by atoms with E-state index in [1.54, 1.807) is 21.6 Å². The Morgan fingerprint density at radius 3 is 2.53 bits per heavy atom. The zero-order chi connectivity index (χ0) is 14.5. The first-order valence-corrected chi connectivity index (χ1v) is 8.96. The lowest BCUT2D eigenvalue weighted by atomic mass is 10.1. The number of nitrogens with two attached hydrogens (primary N) is 2. The average Bonchev–Trinajstić information content (AvgIpc) is 2.35. The molecule has 0 aliphatic rings. The van der Waals surface area contributed by atoms with Crippen LogP contribution in [0.4, 0.5) is 0 Å². The van der Waals surface area contributed by atoms with E-state index >= 15 is 0 Å². The Morgan fingerprint density at radius 1 is 1.21 bits per heavy atom. The predicted molar refractivity (Wildman–Crippen MR) is 81.8 cm³/mol. The Morgan fingerprint density at radius 2 is 1.95 bits per heavy atom. The van der Waals surface area contributed by atoms with E-state index in [1.165, 1.54) is 0 Å². The summed E-state index contributed by atoms with van der Waals surface area (Å²) in [4.78, 5) is 21.8. The van der Waals surface area contributed by atoms with Crippen LogP contribution < -0.4 is 11.5 Å². The summed E-state index contributed by atoms with van der Waals surface area (Å²) in [6, 6.07) is 0. The molecule has 0 spiro atoms. The Kier molecular flexibility index (Phi) is 12.4. The van der Waals surface area contributed by atoms with Crippen LogP contribution in [0, 0.1) is 5.92 Å². The molecular formula is C12H24N2O3S2. The van der Waals surface area contributed by atoms with Crippen LogP contribution in [-0.4, -0.2) is 36.5 Å². The van der Waals surface area contributed by atoms with Crippen molar-refractivity contribution in [2.75, 3.05) is 24.7 Å². The summed E-state index contributed by atoms with van der Waals surface area (Å²) in [5, 5.41) is 0. The maximum atomic E-state index is 11.3. The summed E-state index contributed by atoms with van der Waals surface area (Å²) >= 11 is 0. The molecule has 0 aromatic heterocycles. The highest BCUT2D eigenvalue weighted by Crippen LogP contribution is 2.26. The third-order valence-corrected chi connectivity index (χ3v) is 4.86. The Labute approximate surface area is 123 Å². The molecule has 19 heavy (non-hydrogen) atoms. The number of hydrogen-bond donors (Lipinski definition) is 2. The molecule has 1 unspecified atom stereocenters. The van der Waals surface area contributed by atoms with E-state index in [0.29, 0.717) is 24.5 Å². The van der Waals surface area contributed by atoms with Crippen LogP contribution in [0.25, 0.3) is 0 Å². The van der Waals surface area contributed by atoms with E-state index in [0.717, 1.165) is 25.9 Å². The van der Waals surface area contributed by atoms with Crippen LogP contribution in [0.15, 0.2) is 0 Å². The van der Waals surface area contributed by atoms with Crippen LogP contribution in [0.3, 0.4) is 0 Å². The maximum absolute atomic E-state index is 11.3. The van der Waals surface area contributed by atoms with Crippen LogP contribution >= 0.6 is 21.6 Å². The molecule has 0 aromatic carbocycles. The summed E-state index contributed by atoms with van der Waals surface area (Å²) < 4.78 is 5.37. The van der Waals surface area contributed by atoms with Crippen molar-refractivity contribution in [2.45, 2.75) is 32.6 Å². The Bertz CT molecular complexity index is 265. The molecule has 5 nitrogen and oxygen atoms in total. The van der Waals surface area contributed by atoms with Gasteiger partial charge in [0.25, 0.3) is 0 Å². The summed E-state index contributed by atoms with van der Waals surface area (Å²) in [6.45, 7) is 3.50. The number of primary amides is 2. The second-order valence-corrected chi connectivity index (χ2v) is 6.80. The summed E-state index contributed by atoms with van der Waals surface area (Å²) in [5.74, 6) is 0.653. The lowest BCUT2D eigenvalue weighted by Gasteiger charge is -2.12. The van der Waals surface area contributed by atoms with E-state index in [1.807, 2.05) is 0 Å². The minimum absolute atomic E-state index is 0.128. The highest BCUT2D eigenvalue weighted by molar-refractivity contribution is 8.76. The van der Waals surface area contributed by atoms with Crippen LogP contribution in [0.2, 0.25) is 0 Å². The van der Waals surface area contributed by atoms with Crippen molar-refractivity contribution in [1.82, 2.24) is 0 Å². The van der Waals surface area contributed by atoms with Gasteiger partial charge in [-0.1, -0.05) is 28.5 Å². The van der Waals surface area contributed by atoms with E-state index in [-0.39, 0.29) is 17.7 Å².